The minimum atomic E-state index is -3.86. The first kappa shape index (κ1) is 19.1. The number of carbonyl (C=O) groups is 1. The summed E-state index contributed by atoms with van der Waals surface area (Å²) < 4.78 is 32.9. The Labute approximate surface area is 152 Å². The molecule has 25 heavy (non-hydrogen) atoms. The van der Waals surface area contributed by atoms with Gasteiger partial charge in [0.1, 0.15) is 5.75 Å². The van der Waals surface area contributed by atoms with E-state index in [4.69, 9.17) is 16.3 Å². The smallest absolute Gasteiger partial charge is 0.261 e. The van der Waals surface area contributed by atoms with Crippen molar-refractivity contribution >= 4 is 33.2 Å². The topological polar surface area (TPSA) is 84.5 Å². The van der Waals surface area contributed by atoms with Gasteiger partial charge in [-0.1, -0.05) is 11.6 Å². The predicted octanol–water partition coefficient (Wildman–Crippen LogP) is 3.29. The van der Waals surface area contributed by atoms with Crippen molar-refractivity contribution in [2.75, 3.05) is 17.9 Å². The SMILES string of the molecule is CCNC(=O)c1cc(S(=O)(=O)Nc2ccc(OCC)cc2)ccc1Cl. The lowest BCUT2D eigenvalue weighted by atomic mass is 10.2. The molecular weight excluding hydrogens is 364 g/mol. The maximum atomic E-state index is 12.5. The van der Waals surface area contributed by atoms with Gasteiger partial charge in [-0.05, 0) is 56.3 Å². The van der Waals surface area contributed by atoms with Gasteiger partial charge in [-0.25, -0.2) is 8.42 Å². The maximum absolute atomic E-state index is 12.5. The van der Waals surface area contributed by atoms with E-state index in [1.807, 2.05) is 6.92 Å². The molecule has 6 nitrogen and oxygen atoms in total. The molecule has 2 aromatic carbocycles. The molecule has 134 valence electrons. The lowest BCUT2D eigenvalue weighted by molar-refractivity contribution is 0.0955. The number of sulfonamides is 1. The van der Waals surface area contributed by atoms with Crippen LogP contribution < -0.4 is 14.8 Å². The molecule has 2 N–H and O–H groups in total. The van der Waals surface area contributed by atoms with Gasteiger partial charge in [-0.15, -0.1) is 0 Å². The Bertz CT molecular complexity index is 851. The summed E-state index contributed by atoms with van der Waals surface area (Å²) in [5.41, 5.74) is 0.496. The summed E-state index contributed by atoms with van der Waals surface area (Å²) in [7, 11) is -3.86. The average Bonchev–Trinajstić information content (AvgIpc) is 2.57. The molecule has 8 heteroatoms. The van der Waals surface area contributed by atoms with Crippen molar-refractivity contribution in [2.24, 2.45) is 0 Å². The second-order valence-electron chi connectivity index (χ2n) is 5.06. The van der Waals surface area contributed by atoms with Gasteiger partial charge >= 0.3 is 0 Å². The summed E-state index contributed by atoms with van der Waals surface area (Å²) >= 11 is 5.99. The number of ether oxygens (including phenoxy) is 1. The Hall–Kier alpha value is -2.25. The molecule has 0 spiro atoms. The van der Waals surface area contributed by atoms with Gasteiger partial charge in [-0.2, -0.15) is 0 Å². The third-order valence-corrected chi connectivity index (χ3v) is 4.96. The van der Waals surface area contributed by atoms with Crippen molar-refractivity contribution in [3.63, 3.8) is 0 Å². The molecule has 0 aliphatic carbocycles. The number of rotatable bonds is 7. The van der Waals surface area contributed by atoms with Crippen LogP contribution in [0.5, 0.6) is 5.75 Å². The normalized spacial score (nSPS) is 11.0. The molecule has 0 unspecified atom stereocenters. The Morgan fingerprint density at radius 3 is 2.40 bits per heavy atom. The van der Waals surface area contributed by atoms with E-state index < -0.39 is 15.9 Å². The highest BCUT2D eigenvalue weighted by Gasteiger charge is 2.18. The van der Waals surface area contributed by atoms with E-state index in [2.05, 4.69) is 10.0 Å². The first-order valence-corrected chi connectivity index (χ1v) is 9.57. The van der Waals surface area contributed by atoms with Crippen LogP contribution in [-0.2, 0) is 10.0 Å². The fourth-order valence-corrected chi connectivity index (χ4v) is 3.39. The average molecular weight is 383 g/mol. The largest absolute Gasteiger partial charge is 0.494 e. The highest BCUT2D eigenvalue weighted by atomic mass is 35.5. The van der Waals surface area contributed by atoms with Crippen molar-refractivity contribution in [1.82, 2.24) is 5.32 Å². The summed E-state index contributed by atoms with van der Waals surface area (Å²) in [6.07, 6.45) is 0. The van der Waals surface area contributed by atoms with E-state index in [0.717, 1.165) is 0 Å². The lowest BCUT2D eigenvalue weighted by Crippen LogP contribution is -2.23. The fourth-order valence-electron chi connectivity index (χ4n) is 2.10. The summed E-state index contributed by atoms with van der Waals surface area (Å²) in [5, 5.41) is 2.78. The van der Waals surface area contributed by atoms with Crippen molar-refractivity contribution in [3.8, 4) is 5.75 Å². The van der Waals surface area contributed by atoms with Crippen LogP contribution in [-0.4, -0.2) is 27.5 Å². The monoisotopic (exact) mass is 382 g/mol. The van der Waals surface area contributed by atoms with Gasteiger partial charge in [-0.3, -0.25) is 9.52 Å². The third-order valence-electron chi connectivity index (χ3n) is 3.25. The van der Waals surface area contributed by atoms with Crippen LogP contribution in [0.15, 0.2) is 47.4 Å². The molecule has 0 atom stereocenters. The summed E-state index contributed by atoms with van der Waals surface area (Å²) in [5.74, 6) is 0.223. The van der Waals surface area contributed by atoms with Crippen LogP contribution in [0.2, 0.25) is 5.02 Å². The van der Waals surface area contributed by atoms with Crippen molar-refractivity contribution in [1.29, 1.82) is 0 Å². The minimum absolute atomic E-state index is 0.0490. The molecule has 0 radical (unpaired) electrons. The number of anilines is 1. The number of benzene rings is 2. The molecular formula is C17H19ClN2O4S. The third kappa shape index (κ3) is 4.87. The molecule has 2 aromatic rings. The molecule has 0 fully saturated rings. The van der Waals surface area contributed by atoms with E-state index in [-0.39, 0.29) is 15.5 Å². The molecule has 0 saturated carbocycles. The number of carbonyl (C=O) groups excluding carboxylic acids is 1. The fraction of sp³-hybridized carbons (Fsp3) is 0.235. The zero-order valence-corrected chi connectivity index (χ0v) is 15.4. The zero-order valence-electron chi connectivity index (χ0n) is 13.9. The maximum Gasteiger partial charge on any atom is 0.261 e. The van der Waals surface area contributed by atoms with Crippen molar-refractivity contribution < 1.29 is 17.9 Å². The van der Waals surface area contributed by atoms with Gasteiger partial charge in [0.05, 0.1) is 22.1 Å². The van der Waals surface area contributed by atoms with Crippen LogP contribution in [0.1, 0.15) is 24.2 Å². The van der Waals surface area contributed by atoms with E-state index in [1.54, 1.807) is 31.2 Å². The molecule has 1 amide bonds. The quantitative estimate of drug-likeness (QED) is 0.769. The molecule has 0 heterocycles. The Balaban J connectivity index is 2.27. The van der Waals surface area contributed by atoms with Gasteiger partial charge in [0.25, 0.3) is 15.9 Å². The first-order valence-electron chi connectivity index (χ1n) is 7.70. The van der Waals surface area contributed by atoms with Crippen LogP contribution in [0.4, 0.5) is 5.69 Å². The van der Waals surface area contributed by atoms with Crippen molar-refractivity contribution in [2.45, 2.75) is 18.7 Å². The van der Waals surface area contributed by atoms with Gasteiger partial charge < -0.3 is 10.1 Å². The molecule has 0 aromatic heterocycles. The van der Waals surface area contributed by atoms with E-state index in [0.29, 0.717) is 24.6 Å². The number of hydrogen-bond donors (Lipinski definition) is 2. The van der Waals surface area contributed by atoms with Crippen LogP contribution in [0.3, 0.4) is 0 Å². The Kier molecular flexibility index (Phi) is 6.27. The van der Waals surface area contributed by atoms with Crippen molar-refractivity contribution in [3.05, 3.63) is 53.1 Å². The van der Waals surface area contributed by atoms with Gasteiger partial charge in [0.2, 0.25) is 0 Å². The number of amides is 1. The summed E-state index contributed by atoms with van der Waals surface area (Å²) in [6.45, 7) is 4.57. The van der Waals surface area contributed by atoms with Crippen LogP contribution >= 0.6 is 11.6 Å². The number of nitrogens with one attached hydrogen (secondary N) is 2. The Morgan fingerprint density at radius 1 is 1.12 bits per heavy atom. The van der Waals surface area contributed by atoms with E-state index in [9.17, 15) is 13.2 Å². The molecule has 0 saturated heterocycles. The predicted molar refractivity (Wildman–Crippen MR) is 97.9 cm³/mol. The van der Waals surface area contributed by atoms with Gasteiger partial charge in [0.15, 0.2) is 0 Å². The molecule has 0 aliphatic rings. The summed E-state index contributed by atoms with van der Waals surface area (Å²) in [4.78, 5) is 11.9. The first-order chi connectivity index (χ1) is 11.9. The molecule has 0 bridgehead atoms. The summed E-state index contributed by atoms with van der Waals surface area (Å²) in [6, 6.07) is 10.5. The minimum Gasteiger partial charge on any atom is -0.494 e. The van der Waals surface area contributed by atoms with E-state index in [1.165, 1.54) is 18.2 Å². The van der Waals surface area contributed by atoms with Crippen LogP contribution in [0.25, 0.3) is 0 Å². The van der Waals surface area contributed by atoms with Gasteiger partial charge in [0, 0.05) is 12.2 Å². The molecule has 0 aliphatic heterocycles. The number of halogens is 1. The highest BCUT2D eigenvalue weighted by Crippen LogP contribution is 2.23. The number of hydrogen-bond acceptors (Lipinski definition) is 4. The highest BCUT2D eigenvalue weighted by molar-refractivity contribution is 7.92. The molecule has 2 rings (SSSR count). The standard InChI is InChI=1S/C17H19ClN2O4S/c1-3-19-17(21)15-11-14(9-10-16(15)18)25(22,23)20-12-5-7-13(8-6-12)24-4-2/h5-11,20H,3-4H2,1-2H3,(H,19,21). The lowest BCUT2D eigenvalue weighted by Gasteiger charge is -2.11. The second-order valence-corrected chi connectivity index (χ2v) is 7.15. The van der Waals surface area contributed by atoms with E-state index >= 15 is 0 Å². The van der Waals surface area contributed by atoms with Crippen LogP contribution in [0, 0.1) is 0 Å². The Morgan fingerprint density at radius 2 is 1.80 bits per heavy atom. The zero-order chi connectivity index (χ0) is 18.4. The second kappa shape index (κ2) is 8.22.